The van der Waals surface area contributed by atoms with E-state index in [1.807, 2.05) is 66.9 Å². The third kappa shape index (κ3) is 5.12. The number of carbonyl (C=O) groups excluding carboxylic acids is 1. The lowest BCUT2D eigenvalue weighted by Gasteiger charge is -2.06. The number of thiazole rings is 1. The molecule has 1 amide bonds. The van der Waals surface area contributed by atoms with Crippen molar-refractivity contribution in [2.45, 2.75) is 13.5 Å². The smallest absolute Gasteiger partial charge is 0.264 e. The molecule has 5 nitrogen and oxygen atoms in total. The summed E-state index contributed by atoms with van der Waals surface area (Å²) in [5, 5.41) is 7.46. The van der Waals surface area contributed by atoms with Gasteiger partial charge in [0.05, 0.1) is 5.69 Å². The summed E-state index contributed by atoms with van der Waals surface area (Å²) in [4.78, 5) is 16.5. The number of carbonyl (C=O) groups is 1. The first-order chi connectivity index (χ1) is 14.2. The molecule has 146 valence electrons. The molecule has 0 fully saturated rings. The normalized spacial score (nSPS) is 10.7. The molecule has 0 radical (unpaired) electrons. The number of fused-ring (bicyclic) bond motifs is 1. The standard InChI is InChI=1S/C23H20N2O3S/c1-16-5-4-8-20(11-16)28-14-22(26)25-23-24-19(15-29-23)13-27-21-10-9-17-6-2-3-7-18(17)12-21/h2-12,15H,13-14H2,1H3,(H,24,25,26). The largest absolute Gasteiger partial charge is 0.487 e. The summed E-state index contributed by atoms with van der Waals surface area (Å²) in [5.41, 5.74) is 1.84. The highest BCUT2D eigenvalue weighted by Gasteiger charge is 2.08. The zero-order chi connectivity index (χ0) is 20.1. The van der Waals surface area contributed by atoms with Crippen LogP contribution >= 0.6 is 11.3 Å². The Kier molecular flexibility index (Phi) is 5.72. The van der Waals surface area contributed by atoms with Crippen LogP contribution in [0.3, 0.4) is 0 Å². The van der Waals surface area contributed by atoms with Crippen LogP contribution in [0, 0.1) is 6.92 Å². The molecule has 0 aliphatic carbocycles. The van der Waals surface area contributed by atoms with Crippen LogP contribution in [0.1, 0.15) is 11.3 Å². The SMILES string of the molecule is Cc1cccc(OCC(=O)Nc2nc(COc3ccc4ccccc4c3)cs2)c1. The average molecular weight is 404 g/mol. The fourth-order valence-corrected chi connectivity index (χ4v) is 3.57. The van der Waals surface area contributed by atoms with Crippen molar-refractivity contribution in [1.82, 2.24) is 4.98 Å². The second-order valence-electron chi connectivity index (χ2n) is 6.59. The molecule has 0 atom stereocenters. The van der Waals surface area contributed by atoms with E-state index in [0.717, 1.165) is 22.4 Å². The summed E-state index contributed by atoms with van der Waals surface area (Å²) in [5.74, 6) is 1.21. The lowest BCUT2D eigenvalue weighted by Crippen LogP contribution is -2.20. The number of nitrogens with one attached hydrogen (secondary N) is 1. The number of rotatable bonds is 7. The highest BCUT2D eigenvalue weighted by molar-refractivity contribution is 7.13. The number of hydrogen-bond donors (Lipinski definition) is 1. The van der Waals surface area contributed by atoms with E-state index in [1.54, 1.807) is 0 Å². The average Bonchev–Trinajstić information content (AvgIpc) is 3.18. The van der Waals surface area contributed by atoms with E-state index in [-0.39, 0.29) is 12.5 Å². The molecule has 6 heteroatoms. The molecule has 0 aliphatic rings. The molecule has 0 saturated carbocycles. The highest BCUT2D eigenvalue weighted by Crippen LogP contribution is 2.22. The minimum absolute atomic E-state index is 0.0635. The molecular formula is C23H20N2O3S. The van der Waals surface area contributed by atoms with Crippen molar-refractivity contribution in [1.29, 1.82) is 0 Å². The van der Waals surface area contributed by atoms with Crippen LogP contribution in [-0.4, -0.2) is 17.5 Å². The molecule has 0 unspecified atom stereocenters. The Morgan fingerprint density at radius 2 is 1.79 bits per heavy atom. The van der Waals surface area contributed by atoms with Gasteiger partial charge in [0.2, 0.25) is 0 Å². The Balaban J connectivity index is 1.29. The molecule has 1 heterocycles. The van der Waals surface area contributed by atoms with Crippen LogP contribution in [-0.2, 0) is 11.4 Å². The van der Waals surface area contributed by atoms with Crippen molar-refractivity contribution in [3.63, 3.8) is 0 Å². The fraction of sp³-hybridized carbons (Fsp3) is 0.130. The summed E-state index contributed by atoms with van der Waals surface area (Å²) >= 11 is 1.36. The minimum Gasteiger partial charge on any atom is -0.487 e. The maximum absolute atomic E-state index is 12.1. The van der Waals surface area contributed by atoms with Gasteiger partial charge < -0.3 is 9.47 Å². The molecule has 4 rings (SSSR count). The number of hydrogen-bond acceptors (Lipinski definition) is 5. The van der Waals surface area contributed by atoms with Gasteiger partial charge in [-0.15, -0.1) is 11.3 Å². The van der Waals surface area contributed by atoms with Crippen LogP contribution in [0.5, 0.6) is 11.5 Å². The van der Waals surface area contributed by atoms with Gasteiger partial charge in [0, 0.05) is 5.38 Å². The van der Waals surface area contributed by atoms with Crippen LogP contribution < -0.4 is 14.8 Å². The first-order valence-electron chi connectivity index (χ1n) is 9.21. The fourth-order valence-electron chi connectivity index (χ4n) is 2.85. The summed E-state index contributed by atoms with van der Waals surface area (Å²) in [7, 11) is 0. The number of aryl methyl sites for hydroxylation is 1. The highest BCUT2D eigenvalue weighted by atomic mass is 32.1. The van der Waals surface area contributed by atoms with E-state index in [1.165, 1.54) is 16.7 Å². The topological polar surface area (TPSA) is 60.5 Å². The lowest BCUT2D eigenvalue weighted by molar-refractivity contribution is -0.118. The van der Waals surface area contributed by atoms with Gasteiger partial charge in [0.15, 0.2) is 11.7 Å². The van der Waals surface area contributed by atoms with Gasteiger partial charge in [-0.25, -0.2) is 4.98 Å². The number of benzene rings is 3. The predicted molar refractivity (Wildman–Crippen MR) is 116 cm³/mol. The van der Waals surface area contributed by atoms with Crippen molar-refractivity contribution < 1.29 is 14.3 Å². The zero-order valence-corrected chi connectivity index (χ0v) is 16.7. The van der Waals surface area contributed by atoms with Gasteiger partial charge in [-0.1, -0.05) is 42.5 Å². The van der Waals surface area contributed by atoms with Gasteiger partial charge in [0.25, 0.3) is 5.91 Å². The van der Waals surface area contributed by atoms with Crippen LogP contribution in [0.15, 0.2) is 72.1 Å². The van der Waals surface area contributed by atoms with Gasteiger partial charge >= 0.3 is 0 Å². The van der Waals surface area contributed by atoms with Gasteiger partial charge in [-0.3, -0.25) is 10.1 Å². The predicted octanol–water partition coefficient (Wildman–Crippen LogP) is 5.20. The number of aromatic nitrogens is 1. The summed E-state index contributed by atoms with van der Waals surface area (Å²) < 4.78 is 11.3. The monoisotopic (exact) mass is 404 g/mol. The molecule has 0 bridgehead atoms. The van der Waals surface area contributed by atoms with E-state index < -0.39 is 0 Å². The molecule has 0 spiro atoms. The Bertz CT molecular complexity index is 1140. The van der Waals surface area contributed by atoms with Gasteiger partial charge in [0.1, 0.15) is 18.1 Å². The number of nitrogens with zero attached hydrogens (tertiary/aromatic N) is 1. The molecule has 0 aliphatic heterocycles. The first kappa shape index (κ1) is 19.0. The second-order valence-corrected chi connectivity index (χ2v) is 7.45. The second kappa shape index (κ2) is 8.75. The van der Waals surface area contributed by atoms with E-state index in [4.69, 9.17) is 9.47 Å². The van der Waals surface area contributed by atoms with E-state index in [2.05, 4.69) is 22.4 Å². The minimum atomic E-state index is -0.247. The molecule has 3 aromatic carbocycles. The molecule has 1 N–H and O–H groups in total. The maximum Gasteiger partial charge on any atom is 0.264 e. The number of anilines is 1. The summed E-state index contributed by atoms with van der Waals surface area (Å²) in [6.07, 6.45) is 0. The molecule has 4 aromatic rings. The van der Waals surface area contributed by atoms with Gasteiger partial charge in [-0.2, -0.15) is 0 Å². The molecular weight excluding hydrogens is 384 g/mol. The Hall–Kier alpha value is -3.38. The van der Waals surface area contributed by atoms with Crippen molar-refractivity contribution >= 4 is 33.1 Å². The van der Waals surface area contributed by atoms with Crippen molar-refractivity contribution in [2.75, 3.05) is 11.9 Å². The lowest BCUT2D eigenvalue weighted by atomic mass is 10.1. The first-order valence-corrected chi connectivity index (χ1v) is 10.1. The quantitative estimate of drug-likeness (QED) is 0.460. The van der Waals surface area contributed by atoms with Crippen LogP contribution in [0.4, 0.5) is 5.13 Å². The van der Waals surface area contributed by atoms with E-state index in [9.17, 15) is 4.79 Å². The summed E-state index contributed by atoms with van der Waals surface area (Å²) in [6.45, 7) is 2.25. The number of amides is 1. The zero-order valence-electron chi connectivity index (χ0n) is 15.9. The van der Waals surface area contributed by atoms with Crippen LogP contribution in [0.25, 0.3) is 10.8 Å². The van der Waals surface area contributed by atoms with Gasteiger partial charge in [-0.05, 0) is 47.5 Å². The van der Waals surface area contributed by atoms with E-state index >= 15 is 0 Å². The molecule has 29 heavy (non-hydrogen) atoms. The third-order valence-electron chi connectivity index (χ3n) is 4.27. The van der Waals surface area contributed by atoms with Crippen molar-refractivity contribution in [2.24, 2.45) is 0 Å². The van der Waals surface area contributed by atoms with Crippen molar-refractivity contribution in [3.8, 4) is 11.5 Å². The maximum atomic E-state index is 12.1. The van der Waals surface area contributed by atoms with Crippen LogP contribution in [0.2, 0.25) is 0 Å². The Morgan fingerprint density at radius 1 is 0.966 bits per heavy atom. The molecule has 0 saturated heterocycles. The Morgan fingerprint density at radius 3 is 2.66 bits per heavy atom. The third-order valence-corrected chi connectivity index (χ3v) is 5.07. The van der Waals surface area contributed by atoms with Crippen molar-refractivity contribution in [3.05, 3.63) is 83.4 Å². The van der Waals surface area contributed by atoms with E-state index in [0.29, 0.717) is 17.5 Å². The number of ether oxygens (including phenoxy) is 2. The summed E-state index contributed by atoms with van der Waals surface area (Å²) in [6, 6.07) is 21.7. The molecule has 1 aromatic heterocycles. The Labute approximate surface area is 172 Å².